The van der Waals surface area contributed by atoms with E-state index in [1.54, 1.807) is 19.2 Å². The number of nitrogens with one attached hydrogen (secondary N) is 1. The molecule has 1 N–H and O–H groups in total. The SMILES string of the molecule is COCCNCC1CCc2c(-c3noc(-c4ccc(OC(C)C)c(C#N)c4)n3)cccc21. The quantitative estimate of drug-likeness (QED) is 0.503. The van der Waals surface area contributed by atoms with Crippen LogP contribution in [0.2, 0.25) is 0 Å². The Morgan fingerprint density at radius 3 is 2.94 bits per heavy atom. The Bertz CT molecular complexity index is 1120. The lowest BCUT2D eigenvalue weighted by Gasteiger charge is -2.13. The second-order valence-corrected chi connectivity index (χ2v) is 8.22. The Balaban J connectivity index is 1.56. The zero-order valence-electron chi connectivity index (χ0n) is 18.7. The number of ether oxygens (including phenoxy) is 2. The van der Waals surface area contributed by atoms with Crippen LogP contribution in [-0.4, -0.2) is 43.1 Å². The van der Waals surface area contributed by atoms with E-state index in [1.807, 2.05) is 19.9 Å². The fourth-order valence-electron chi connectivity index (χ4n) is 4.17. The summed E-state index contributed by atoms with van der Waals surface area (Å²) < 4.78 is 16.4. The molecule has 0 aliphatic heterocycles. The molecule has 4 rings (SSSR count). The van der Waals surface area contributed by atoms with Crippen molar-refractivity contribution in [3.8, 4) is 34.7 Å². The molecular formula is C25H28N4O3. The second-order valence-electron chi connectivity index (χ2n) is 8.22. The molecule has 1 atom stereocenters. The van der Waals surface area contributed by atoms with Crippen molar-refractivity contribution in [2.75, 3.05) is 26.8 Å². The summed E-state index contributed by atoms with van der Waals surface area (Å²) >= 11 is 0. The molecule has 3 aromatic rings. The Hall–Kier alpha value is -3.21. The van der Waals surface area contributed by atoms with Crippen LogP contribution in [0.25, 0.3) is 22.8 Å². The van der Waals surface area contributed by atoms with Crippen LogP contribution in [0.3, 0.4) is 0 Å². The molecule has 2 aromatic carbocycles. The monoisotopic (exact) mass is 432 g/mol. The lowest BCUT2D eigenvalue weighted by atomic mass is 9.98. The zero-order chi connectivity index (χ0) is 22.5. The van der Waals surface area contributed by atoms with Gasteiger partial charge in [0.05, 0.1) is 18.3 Å². The number of hydrogen-bond acceptors (Lipinski definition) is 7. The molecule has 7 nitrogen and oxygen atoms in total. The normalized spacial score (nSPS) is 15.0. The lowest BCUT2D eigenvalue weighted by Crippen LogP contribution is -2.24. The molecule has 7 heteroatoms. The van der Waals surface area contributed by atoms with Gasteiger partial charge in [-0.2, -0.15) is 10.2 Å². The molecule has 0 amide bonds. The highest BCUT2D eigenvalue weighted by molar-refractivity contribution is 5.67. The topological polar surface area (TPSA) is 93.2 Å². The standard InChI is InChI=1S/C25H28N4O3/c1-16(2)31-23-10-8-17(13-19(23)14-26)25-28-24(29-32-25)22-6-4-5-20-18(7-9-21(20)22)15-27-11-12-30-3/h4-6,8,10,13,16,18,27H,7,9,11-12,15H2,1-3H3. The first-order valence-electron chi connectivity index (χ1n) is 11.0. The van der Waals surface area contributed by atoms with Gasteiger partial charge in [-0.15, -0.1) is 0 Å². The maximum Gasteiger partial charge on any atom is 0.258 e. The largest absolute Gasteiger partial charge is 0.490 e. The van der Waals surface area contributed by atoms with E-state index >= 15 is 0 Å². The van der Waals surface area contributed by atoms with E-state index in [0.29, 0.717) is 41.1 Å². The number of nitrogens with zero attached hydrogens (tertiary/aromatic N) is 3. The van der Waals surface area contributed by atoms with Gasteiger partial charge in [0, 0.05) is 31.3 Å². The number of aromatic nitrogens is 2. The Labute approximate surface area is 188 Å². The van der Waals surface area contributed by atoms with Crippen molar-refractivity contribution >= 4 is 0 Å². The molecule has 1 aromatic heterocycles. The van der Waals surface area contributed by atoms with Crippen LogP contribution in [0, 0.1) is 11.3 Å². The third kappa shape index (κ3) is 4.67. The van der Waals surface area contributed by atoms with Crippen LogP contribution in [0.4, 0.5) is 0 Å². The van der Waals surface area contributed by atoms with Crippen LogP contribution < -0.4 is 10.1 Å². The summed E-state index contributed by atoms with van der Waals surface area (Å²) in [5, 5.41) is 17.2. The highest BCUT2D eigenvalue weighted by Crippen LogP contribution is 2.38. The van der Waals surface area contributed by atoms with Gasteiger partial charge in [-0.25, -0.2) is 0 Å². The third-order valence-corrected chi connectivity index (χ3v) is 5.65. The summed E-state index contributed by atoms with van der Waals surface area (Å²) in [5.74, 6) is 1.99. The summed E-state index contributed by atoms with van der Waals surface area (Å²) in [6, 6.07) is 13.8. The number of rotatable bonds is 9. The van der Waals surface area contributed by atoms with Gasteiger partial charge in [0.15, 0.2) is 0 Å². The van der Waals surface area contributed by atoms with Crippen molar-refractivity contribution < 1.29 is 14.0 Å². The highest BCUT2D eigenvalue weighted by Gasteiger charge is 2.26. The third-order valence-electron chi connectivity index (χ3n) is 5.65. The Morgan fingerprint density at radius 2 is 2.16 bits per heavy atom. The van der Waals surface area contributed by atoms with Crippen LogP contribution in [0.15, 0.2) is 40.9 Å². The minimum atomic E-state index is -0.0119. The molecule has 1 heterocycles. The van der Waals surface area contributed by atoms with Crippen molar-refractivity contribution in [1.29, 1.82) is 5.26 Å². The fraction of sp³-hybridized carbons (Fsp3) is 0.400. The van der Waals surface area contributed by atoms with E-state index in [2.05, 4.69) is 39.7 Å². The number of fused-ring (bicyclic) bond motifs is 1. The van der Waals surface area contributed by atoms with Gasteiger partial charge in [0.2, 0.25) is 5.82 Å². The average molecular weight is 433 g/mol. The van der Waals surface area contributed by atoms with Gasteiger partial charge in [-0.05, 0) is 61.9 Å². The Morgan fingerprint density at radius 1 is 1.28 bits per heavy atom. The average Bonchev–Trinajstić information content (AvgIpc) is 3.44. The first kappa shape index (κ1) is 22.0. The molecule has 0 radical (unpaired) electrons. The minimum Gasteiger partial charge on any atom is -0.490 e. The van der Waals surface area contributed by atoms with Gasteiger partial charge in [0.1, 0.15) is 11.8 Å². The van der Waals surface area contributed by atoms with Gasteiger partial charge in [-0.1, -0.05) is 23.4 Å². The smallest absolute Gasteiger partial charge is 0.258 e. The summed E-state index contributed by atoms with van der Waals surface area (Å²) in [7, 11) is 1.72. The van der Waals surface area contributed by atoms with Crippen molar-refractivity contribution in [1.82, 2.24) is 15.5 Å². The molecule has 0 spiro atoms. The van der Waals surface area contributed by atoms with Crippen molar-refractivity contribution in [2.24, 2.45) is 0 Å². The summed E-state index contributed by atoms with van der Waals surface area (Å²) in [6.45, 7) is 6.35. The minimum absolute atomic E-state index is 0.0119. The molecule has 0 bridgehead atoms. The van der Waals surface area contributed by atoms with E-state index in [1.165, 1.54) is 11.1 Å². The van der Waals surface area contributed by atoms with Crippen molar-refractivity contribution in [3.05, 3.63) is 53.1 Å². The molecular weight excluding hydrogens is 404 g/mol. The summed E-state index contributed by atoms with van der Waals surface area (Å²) in [6.07, 6.45) is 2.08. The number of hydrogen-bond donors (Lipinski definition) is 1. The van der Waals surface area contributed by atoms with Crippen LogP contribution in [0.5, 0.6) is 5.75 Å². The number of nitriles is 1. The number of methoxy groups -OCH3 is 1. The molecule has 1 aliphatic carbocycles. The maximum absolute atomic E-state index is 9.50. The zero-order valence-corrected chi connectivity index (χ0v) is 18.7. The molecule has 0 fully saturated rings. The summed E-state index contributed by atoms with van der Waals surface area (Å²) in [5.41, 5.74) is 4.79. The van der Waals surface area contributed by atoms with Gasteiger partial charge in [0.25, 0.3) is 5.89 Å². The second kappa shape index (κ2) is 9.94. The maximum atomic E-state index is 9.50. The molecule has 1 aliphatic rings. The van der Waals surface area contributed by atoms with Crippen LogP contribution in [0.1, 0.15) is 42.9 Å². The van der Waals surface area contributed by atoms with Gasteiger partial charge < -0.3 is 19.3 Å². The highest BCUT2D eigenvalue weighted by atomic mass is 16.5. The molecule has 1 unspecified atom stereocenters. The number of benzene rings is 2. The van der Waals surface area contributed by atoms with Crippen LogP contribution >= 0.6 is 0 Å². The van der Waals surface area contributed by atoms with E-state index in [4.69, 9.17) is 14.0 Å². The molecule has 32 heavy (non-hydrogen) atoms. The van der Waals surface area contributed by atoms with Gasteiger partial charge in [-0.3, -0.25) is 0 Å². The van der Waals surface area contributed by atoms with E-state index in [9.17, 15) is 5.26 Å². The van der Waals surface area contributed by atoms with Crippen molar-refractivity contribution in [2.45, 2.75) is 38.7 Å². The van der Waals surface area contributed by atoms with E-state index < -0.39 is 0 Å². The first-order chi connectivity index (χ1) is 15.6. The van der Waals surface area contributed by atoms with Crippen molar-refractivity contribution in [3.63, 3.8) is 0 Å². The van der Waals surface area contributed by atoms with Crippen LogP contribution in [-0.2, 0) is 11.2 Å². The fourth-order valence-corrected chi connectivity index (χ4v) is 4.17. The lowest BCUT2D eigenvalue weighted by molar-refractivity contribution is 0.199. The molecule has 0 saturated carbocycles. The predicted octanol–water partition coefficient (Wildman–Crippen LogP) is 4.33. The predicted molar refractivity (Wildman–Crippen MR) is 121 cm³/mol. The van der Waals surface area contributed by atoms with E-state index in [-0.39, 0.29) is 6.10 Å². The molecule has 0 saturated heterocycles. The van der Waals surface area contributed by atoms with Gasteiger partial charge >= 0.3 is 0 Å². The molecule has 166 valence electrons. The summed E-state index contributed by atoms with van der Waals surface area (Å²) in [4.78, 5) is 4.65. The Kier molecular flexibility index (Phi) is 6.84. The first-order valence-corrected chi connectivity index (χ1v) is 11.0. The van der Waals surface area contributed by atoms with E-state index in [0.717, 1.165) is 31.5 Å².